The maximum atomic E-state index is 14.3. The van der Waals surface area contributed by atoms with Gasteiger partial charge in [-0.2, -0.15) is 0 Å². The molecule has 13 heteroatoms. The molecule has 5 atom stereocenters. The number of hydrogen-bond acceptors (Lipinski definition) is 9. The van der Waals surface area contributed by atoms with E-state index in [4.69, 9.17) is 4.74 Å². The number of amides is 4. The average Bonchev–Trinajstić information content (AvgIpc) is 3.63. The molecule has 1 aromatic carbocycles. The van der Waals surface area contributed by atoms with E-state index in [1.165, 1.54) is 11.3 Å². The Balaban J connectivity index is 1.56. The van der Waals surface area contributed by atoms with Crippen molar-refractivity contribution in [3.8, 4) is 0 Å². The highest BCUT2D eigenvalue weighted by atomic mass is 32.1. The summed E-state index contributed by atoms with van der Waals surface area (Å²) < 4.78 is 5.41. The smallest absolute Gasteiger partial charge is 0.243 e. The van der Waals surface area contributed by atoms with Gasteiger partial charge < -0.3 is 35.8 Å². The molecule has 1 saturated carbocycles. The Hall–Kier alpha value is -3.39. The summed E-state index contributed by atoms with van der Waals surface area (Å²) in [5, 5.41) is 33.2. The third-order valence-electron chi connectivity index (χ3n) is 10.1. The summed E-state index contributed by atoms with van der Waals surface area (Å²) >= 11 is 1.38. The zero-order chi connectivity index (χ0) is 36.8. The molecule has 2 aliphatic rings. The van der Waals surface area contributed by atoms with E-state index in [2.05, 4.69) is 20.9 Å². The van der Waals surface area contributed by atoms with Crippen LogP contribution >= 0.6 is 11.3 Å². The predicted octanol–water partition coefficient (Wildman–Crippen LogP) is 3.01. The van der Waals surface area contributed by atoms with Gasteiger partial charge in [0.25, 0.3) is 0 Å². The van der Waals surface area contributed by atoms with Gasteiger partial charge in [-0.25, -0.2) is 4.98 Å². The number of aromatic nitrogens is 1. The lowest BCUT2D eigenvalue weighted by molar-refractivity contribution is -0.140. The van der Waals surface area contributed by atoms with E-state index in [0.29, 0.717) is 51.4 Å². The van der Waals surface area contributed by atoms with Crippen LogP contribution in [0.25, 0.3) is 0 Å². The Morgan fingerprint density at radius 1 is 1.00 bits per heavy atom. The van der Waals surface area contributed by atoms with Crippen molar-refractivity contribution < 1.29 is 34.1 Å². The van der Waals surface area contributed by atoms with Gasteiger partial charge in [-0.15, -0.1) is 11.3 Å². The second kappa shape index (κ2) is 20.0. The molecule has 0 radical (unpaired) electrons. The standard InChI is InChI=1S/C38H57N5O7S/c1-4-39-36(47)30(38(2,3)49)23-33(44)31(20-27-13-9-6-10-14-27)41-37(48)32(22-29-24-51-25-40-29)42-35(46)28(19-26-11-7-5-8-12-26)21-34(45)43-15-17-50-18-16-43/h5,7-8,11-12,24-25,27-28,30-33,44,49H,4,6,9-10,13-23H2,1-3H3,(H,39,47)(H,41,48)(H,42,46)/t28-,30-,31+,32+,33+/m1/s1. The van der Waals surface area contributed by atoms with Gasteiger partial charge in [-0.05, 0) is 51.5 Å². The fourth-order valence-corrected chi connectivity index (χ4v) is 7.72. The summed E-state index contributed by atoms with van der Waals surface area (Å²) in [5.74, 6) is -2.77. The van der Waals surface area contributed by atoms with Crippen LogP contribution in [0.3, 0.4) is 0 Å². The molecule has 0 spiro atoms. The molecule has 5 N–H and O–H groups in total. The Labute approximate surface area is 306 Å². The predicted molar refractivity (Wildman–Crippen MR) is 196 cm³/mol. The van der Waals surface area contributed by atoms with Crippen molar-refractivity contribution in [1.82, 2.24) is 25.8 Å². The summed E-state index contributed by atoms with van der Waals surface area (Å²) in [4.78, 5) is 60.8. The number of nitrogens with one attached hydrogen (secondary N) is 3. The van der Waals surface area contributed by atoms with Crippen molar-refractivity contribution in [2.45, 2.75) is 109 Å². The molecule has 1 aliphatic carbocycles. The molecule has 282 valence electrons. The van der Waals surface area contributed by atoms with Crippen molar-refractivity contribution in [2.75, 3.05) is 32.8 Å². The van der Waals surface area contributed by atoms with Crippen LogP contribution in [-0.4, -0.2) is 100 Å². The molecule has 4 rings (SSSR count). The van der Waals surface area contributed by atoms with Crippen LogP contribution in [-0.2, 0) is 36.8 Å². The number of benzene rings is 1. The normalized spacial score (nSPS) is 18.6. The summed E-state index contributed by atoms with van der Waals surface area (Å²) in [5.41, 5.74) is 1.79. The van der Waals surface area contributed by atoms with Crippen LogP contribution < -0.4 is 16.0 Å². The molecule has 12 nitrogen and oxygen atoms in total. The first-order valence-corrected chi connectivity index (χ1v) is 19.4. The van der Waals surface area contributed by atoms with Gasteiger partial charge in [0.1, 0.15) is 6.04 Å². The summed E-state index contributed by atoms with van der Waals surface area (Å²) in [6.45, 7) is 7.09. The third-order valence-corrected chi connectivity index (χ3v) is 10.7. The lowest BCUT2D eigenvalue weighted by Crippen LogP contribution is -2.56. The van der Waals surface area contributed by atoms with E-state index in [1.807, 2.05) is 35.7 Å². The minimum Gasteiger partial charge on any atom is -0.391 e. The lowest BCUT2D eigenvalue weighted by atomic mass is 9.80. The molecule has 2 heterocycles. The maximum Gasteiger partial charge on any atom is 0.243 e. The first kappa shape index (κ1) is 40.4. The minimum absolute atomic E-state index is 0.0209. The van der Waals surface area contributed by atoms with Crippen molar-refractivity contribution in [2.24, 2.45) is 17.8 Å². The summed E-state index contributed by atoms with van der Waals surface area (Å²) in [7, 11) is 0. The molecule has 0 bridgehead atoms. The monoisotopic (exact) mass is 727 g/mol. The SMILES string of the molecule is CCNC(=O)[C@@H](C[C@H](O)[C@H](CC1CCCCC1)NC(=O)[C@H](Cc1cscn1)NC(=O)[C@@H](CC(=O)N1CCOCC1)Cc1ccccc1)C(C)(C)O. The van der Waals surface area contributed by atoms with Crippen LogP contribution in [0, 0.1) is 17.8 Å². The highest BCUT2D eigenvalue weighted by Gasteiger charge is 2.39. The van der Waals surface area contributed by atoms with Crippen LogP contribution in [0.15, 0.2) is 41.2 Å². The fraction of sp³-hybridized carbons (Fsp3) is 0.658. The number of carbonyl (C=O) groups excluding carboxylic acids is 4. The molecule has 1 saturated heterocycles. The molecule has 1 aromatic heterocycles. The lowest BCUT2D eigenvalue weighted by Gasteiger charge is -2.35. The Morgan fingerprint density at radius 3 is 2.33 bits per heavy atom. The zero-order valence-electron chi connectivity index (χ0n) is 30.4. The highest BCUT2D eigenvalue weighted by molar-refractivity contribution is 7.07. The van der Waals surface area contributed by atoms with Gasteiger partial charge in [0, 0.05) is 37.9 Å². The number of aliphatic hydroxyl groups is 2. The number of ether oxygens (including phenoxy) is 1. The van der Waals surface area contributed by atoms with E-state index in [9.17, 15) is 29.4 Å². The number of carbonyl (C=O) groups is 4. The van der Waals surface area contributed by atoms with Crippen LogP contribution in [0.5, 0.6) is 0 Å². The fourth-order valence-electron chi connectivity index (χ4n) is 7.15. The Bertz CT molecular complexity index is 1370. The van der Waals surface area contributed by atoms with Gasteiger partial charge in [-0.1, -0.05) is 62.4 Å². The molecule has 1 aliphatic heterocycles. The second-order valence-electron chi connectivity index (χ2n) is 14.6. The Morgan fingerprint density at radius 2 is 1.71 bits per heavy atom. The van der Waals surface area contributed by atoms with E-state index in [0.717, 1.165) is 37.7 Å². The Kier molecular flexibility index (Phi) is 15.8. The molecule has 51 heavy (non-hydrogen) atoms. The van der Waals surface area contributed by atoms with E-state index < -0.39 is 47.4 Å². The van der Waals surface area contributed by atoms with E-state index in [-0.39, 0.29) is 37.0 Å². The topological polar surface area (TPSA) is 170 Å². The van der Waals surface area contributed by atoms with E-state index >= 15 is 0 Å². The minimum atomic E-state index is -1.41. The average molecular weight is 728 g/mol. The third kappa shape index (κ3) is 13.0. The van der Waals surface area contributed by atoms with Crippen molar-refractivity contribution >= 4 is 35.0 Å². The first-order valence-electron chi connectivity index (χ1n) is 18.5. The van der Waals surface area contributed by atoms with Crippen LogP contribution in [0.2, 0.25) is 0 Å². The van der Waals surface area contributed by atoms with Crippen LogP contribution in [0.4, 0.5) is 0 Å². The molecule has 2 fully saturated rings. The summed E-state index contributed by atoms with van der Waals surface area (Å²) in [6.07, 6.45) is 4.96. The number of aliphatic hydroxyl groups excluding tert-OH is 1. The summed E-state index contributed by atoms with van der Waals surface area (Å²) in [6, 6.07) is 7.74. The molecule has 0 unspecified atom stereocenters. The highest BCUT2D eigenvalue weighted by Crippen LogP contribution is 2.30. The number of thiazole rings is 1. The number of hydrogen-bond donors (Lipinski definition) is 5. The molecule has 2 aromatic rings. The zero-order valence-corrected chi connectivity index (χ0v) is 31.2. The van der Waals surface area contributed by atoms with E-state index in [1.54, 1.807) is 31.2 Å². The quantitative estimate of drug-likeness (QED) is 0.156. The van der Waals surface area contributed by atoms with Gasteiger partial charge in [-0.3, -0.25) is 19.2 Å². The molecule has 4 amide bonds. The number of morpholine rings is 1. The van der Waals surface area contributed by atoms with Gasteiger partial charge >= 0.3 is 0 Å². The molecular weight excluding hydrogens is 671 g/mol. The first-order chi connectivity index (χ1) is 24.4. The number of nitrogens with zero attached hydrogens (tertiary/aromatic N) is 2. The van der Waals surface area contributed by atoms with Crippen molar-refractivity contribution in [1.29, 1.82) is 0 Å². The number of rotatable bonds is 18. The van der Waals surface area contributed by atoms with Gasteiger partial charge in [0.15, 0.2) is 0 Å². The van der Waals surface area contributed by atoms with Crippen molar-refractivity contribution in [3.63, 3.8) is 0 Å². The van der Waals surface area contributed by atoms with Crippen molar-refractivity contribution in [3.05, 3.63) is 52.5 Å². The molecular formula is C38H57N5O7S. The van der Waals surface area contributed by atoms with Gasteiger partial charge in [0.05, 0.1) is 54.0 Å². The second-order valence-corrected chi connectivity index (χ2v) is 15.3. The largest absolute Gasteiger partial charge is 0.391 e. The van der Waals surface area contributed by atoms with Crippen LogP contribution in [0.1, 0.15) is 83.4 Å². The van der Waals surface area contributed by atoms with Gasteiger partial charge in [0.2, 0.25) is 23.6 Å². The maximum absolute atomic E-state index is 14.3.